The Labute approximate surface area is 80.4 Å². The summed E-state index contributed by atoms with van der Waals surface area (Å²) in [5.74, 6) is 0.901. The summed E-state index contributed by atoms with van der Waals surface area (Å²) >= 11 is 0. The highest BCUT2D eigenvalue weighted by Crippen LogP contribution is 2.22. The minimum absolute atomic E-state index is 0.901. The predicted molar refractivity (Wildman–Crippen MR) is 53.4 cm³/mol. The Morgan fingerprint density at radius 2 is 1.92 bits per heavy atom. The van der Waals surface area contributed by atoms with E-state index in [1.54, 1.807) is 11.1 Å². The van der Waals surface area contributed by atoms with Crippen LogP contribution in [0.2, 0.25) is 0 Å². The van der Waals surface area contributed by atoms with Gasteiger partial charge in [-0.25, -0.2) is 4.57 Å². The number of aryl methyl sites for hydroxylation is 3. The molecule has 2 rings (SSSR count). The molecule has 0 aromatic carbocycles. The van der Waals surface area contributed by atoms with Gasteiger partial charge in [-0.15, -0.1) is 0 Å². The molecule has 0 saturated heterocycles. The Kier molecular flexibility index (Phi) is 2.34. The van der Waals surface area contributed by atoms with Crippen molar-refractivity contribution in [1.29, 1.82) is 0 Å². The summed E-state index contributed by atoms with van der Waals surface area (Å²) in [6, 6.07) is 2.29. The molecule has 1 unspecified atom stereocenters. The van der Waals surface area contributed by atoms with Crippen molar-refractivity contribution < 1.29 is 4.57 Å². The lowest BCUT2D eigenvalue weighted by Crippen LogP contribution is -2.27. The van der Waals surface area contributed by atoms with Gasteiger partial charge in [0.1, 0.15) is 7.05 Å². The molecule has 0 saturated carbocycles. The van der Waals surface area contributed by atoms with Crippen LogP contribution in [0.25, 0.3) is 0 Å². The largest absolute Gasteiger partial charge is 0.208 e. The second-order valence-electron chi connectivity index (χ2n) is 4.34. The molecule has 1 nitrogen and oxygen atoms in total. The molecule has 0 bridgehead atoms. The summed E-state index contributed by atoms with van der Waals surface area (Å²) in [6.07, 6.45) is 9.71. The fourth-order valence-electron chi connectivity index (χ4n) is 2.10. The van der Waals surface area contributed by atoms with Crippen molar-refractivity contribution in [3.63, 3.8) is 0 Å². The lowest BCUT2D eigenvalue weighted by atomic mass is 10.0. The highest BCUT2D eigenvalue weighted by molar-refractivity contribution is 5.22. The van der Waals surface area contributed by atoms with E-state index in [0.717, 1.165) is 5.92 Å². The third-order valence-corrected chi connectivity index (χ3v) is 3.10. The fraction of sp³-hybridized carbons (Fsp3) is 0.583. The van der Waals surface area contributed by atoms with Crippen molar-refractivity contribution in [3.05, 3.63) is 29.6 Å². The Morgan fingerprint density at radius 3 is 2.69 bits per heavy atom. The van der Waals surface area contributed by atoms with Gasteiger partial charge >= 0.3 is 0 Å². The van der Waals surface area contributed by atoms with E-state index in [9.17, 15) is 0 Å². The predicted octanol–water partition coefficient (Wildman–Crippen LogP) is 2.03. The van der Waals surface area contributed by atoms with Crippen LogP contribution < -0.4 is 4.57 Å². The first kappa shape index (κ1) is 8.74. The van der Waals surface area contributed by atoms with Crippen molar-refractivity contribution in [2.45, 2.75) is 32.6 Å². The molecule has 0 aliphatic heterocycles. The second kappa shape index (κ2) is 3.49. The normalized spacial score (nSPS) is 22.2. The highest BCUT2D eigenvalue weighted by Gasteiger charge is 2.14. The van der Waals surface area contributed by atoms with Crippen LogP contribution in [0.3, 0.4) is 0 Å². The number of nitrogens with zero attached hydrogens (tertiary/aromatic N) is 1. The van der Waals surface area contributed by atoms with Gasteiger partial charge in [0.25, 0.3) is 0 Å². The second-order valence-corrected chi connectivity index (χ2v) is 4.34. The maximum atomic E-state index is 2.37. The van der Waals surface area contributed by atoms with Crippen molar-refractivity contribution in [1.82, 2.24) is 0 Å². The van der Waals surface area contributed by atoms with Crippen LogP contribution in [0.15, 0.2) is 18.5 Å². The van der Waals surface area contributed by atoms with Crippen LogP contribution in [0.1, 0.15) is 30.9 Å². The van der Waals surface area contributed by atoms with E-state index < -0.39 is 0 Å². The summed E-state index contributed by atoms with van der Waals surface area (Å²) in [4.78, 5) is 0. The number of fused-ring (bicyclic) bond motifs is 1. The SMILES string of the molecule is CC1CCc2cc[n+](C)cc2CC1. The molecule has 0 radical (unpaired) electrons. The average molecular weight is 176 g/mol. The van der Waals surface area contributed by atoms with Crippen LogP contribution in [0.5, 0.6) is 0 Å². The first-order valence-corrected chi connectivity index (χ1v) is 5.23. The van der Waals surface area contributed by atoms with E-state index in [0.29, 0.717) is 0 Å². The minimum atomic E-state index is 0.901. The summed E-state index contributed by atoms with van der Waals surface area (Å²) in [5, 5.41) is 0. The van der Waals surface area contributed by atoms with E-state index in [4.69, 9.17) is 0 Å². The summed E-state index contributed by atoms with van der Waals surface area (Å²) < 4.78 is 2.16. The van der Waals surface area contributed by atoms with E-state index in [2.05, 4.69) is 37.0 Å². The van der Waals surface area contributed by atoms with Crippen LogP contribution >= 0.6 is 0 Å². The van der Waals surface area contributed by atoms with Crippen LogP contribution in [0.4, 0.5) is 0 Å². The van der Waals surface area contributed by atoms with Crippen molar-refractivity contribution in [2.75, 3.05) is 0 Å². The van der Waals surface area contributed by atoms with Gasteiger partial charge in [-0.3, -0.25) is 0 Å². The molecular weight excluding hydrogens is 158 g/mol. The maximum absolute atomic E-state index is 2.37. The van der Waals surface area contributed by atoms with Crippen molar-refractivity contribution in [3.8, 4) is 0 Å². The van der Waals surface area contributed by atoms with Gasteiger partial charge in [0.15, 0.2) is 12.4 Å². The van der Waals surface area contributed by atoms with Crippen molar-refractivity contribution in [2.24, 2.45) is 13.0 Å². The lowest BCUT2D eigenvalue weighted by molar-refractivity contribution is -0.672. The zero-order valence-electron chi connectivity index (χ0n) is 8.59. The molecule has 1 aliphatic rings. The standard InChI is InChI=1S/C12H18N/c1-10-3-5-11-7-8-13(2)9-12(11)6-4-10/h7-10H,3-6H2,1-2H3/q+1. The average Bonchev–Trinajstić information content (AvgIpc) is 2.29. The molecule has 1 heterocycles. The zero-order valence-corrected chi connectivity index (χ0v) is 8.59. The van der Waals surface area contributed by atoms with Crippen LogP contribution in [-0.2, 0) is 19.9 Å². The molecule has 0 N–H and O–H groups in total. The Morgan fingerprint density at radius 1 is 1.23 bits per heavy atom. The van der Waals surface area contributed by atoms with Gasteiger partial charge in [0.2, 0.25) is 0 Å². The molecule has 0 spiro atoms. The Bertz CT molecular complexity index is 304. The number of rotatable bonds is 0. The Balaban J connectivity index is 2.30. The van der Waals surface area contributed by atoms with E-state index in [-0.39, 0.29) is 0 Å². The monoisotopic (exact) mass is 176 g/mol. The van der Waals surface area contributed by atoms with Gasteiger partial charge in [-0.2, -0.15) is 0 Å². The maximum Gasteiger partial charge on any atom is 0.171 e. The number of aromatic nitrogens is 1. The minimum Gasteiger partial charge on any atom is -0.208 e. The fourth-order valence-corrected chi connectivity index (χ4v) is 2.10. The van der Waals surface area contributed by atoms with Gasteiger partial charge in [-0.05, 0) is 37.2 Å². The van der Waals surface area contributed by atoms with Crippen LogP contribution in [0, 0.1) is 5.92 Å². The Hall–Kier alpha value is -0.850. The third kappa shape index (κ3) is 1.90. The van der Waals surface area contributed by atoms with E-state index in [1.165, 1.54) is 25.7 Å². The molecule has 1 heteroatoms. The molecule has 0 fully saturated rings. The molecule has 13 heavy (non-hydrogen) atoms. The quantitative estimate of drug-likeness (QED) is 0.420. The van der Waals surface area contributed by atoms with E-state index in [1.807, 2.05) is 0 Å². The van der Waals surface area contributed by atoms with Crippen molar-refractivity contribution >= 4 is 0 Å². The summed E-state index contributed by atoms with van der Waals surface area (Å²) in [7, 11) is 2.11. The molecule has 1 atom stereocenters. The van der Waals surface area contributed by atoms with Gasteiger partial charge in [0.05, 0.1) is 0 Å². The lowest BCUT2D eigenvalue weighted by Gasteiger charge is -2.03. The smallest absolute Gasteiger partial charge is 0.171 e. The molecule has 70 valence electrons. The zero-order chi connectivity index (χ0) is 9.26. The molecular formula is C12H18N+. The molecule has 1 aromatic heterocycles. The molecule has 0 amide bonds. The first-order valence-electron chi connectivity index (χ1n) is 5.23. The number of pyridine rings is 1. The molecule has 1 aromatic rings. The third-order valence-electron chi connectivity index (χ3n) is 3.10. The van der Waals surface area contributed by atoms with E-state index >= 15 is 0 Å². The topological polar surface area (TPSA) is 3.88 Å². The molecule has 1 aliphatic carbocycles. The highest BCUT2D eigenvalue weighted by atomic mass is 14.9. The first-order chi connectivity index (χ1) is 6.25. The number of hydrogen-bond donors (Lipinski definition) is 0. The van der Waals surface area contributed by atoms with Crippen LogP contribution in [-0.4, -0.2) is 0 Å². The van der Waals surface area contributed by atoms with Gasteiger partial charge in [0, 0.05) is 11.6 Å². The number of hydrogen-bond acceptors (Lipinski definition) is 0. The van der Waals surface area contributed by atoms with Gasteiger partial charge in [-0.1, -0.05) is 6.92 Å². The van der Waals surface area contributed by atoms with Gasteiger partial charge < -0.3 is 0 Å². The summed E-state index contributed by atoms with van der Waals surface area (Å²) in [5.41, 5.74) is 3.14. The summed E-state index contributed by atoms with van der Waals surface area (Å²) in [6.45, 7) is 2.37.